The zero-order chi connectivity index (χ0) is 22.4. The standard InChI is InChI=1S/C21H25N5O4S/c1-4-26(5-2)31(28,29)18-8-6-7-16(13-18)21(27)22-14-19-23-20(25-24-19)15-9-11-17(30-3)12-10-15/h6-13H,4-5,14H2,1-3H3,(H,22,27)(H,23,24,25). The van der Waals surface area contributed by atoms with Crippen molar-refractivity contribution in [2.45, 2.75) is 25.3 Å². The molecule has 0 aliphatic carbocycles. The zero-order valence-electron chi connectivity index (χ0n) is 17.6. The molecule has 0 aliphatic rings. The number of carbonyl (C=O) groups excluding carboxylic acids is 1. The smallest absolute Gasteiger partial charge is 0.251 e. The minimum atomic E-state index is -3.64. The van der Waals surface area contributed by atoms with Crippen molar-refractivity contribution in [2.24, 2.45) is 0 Å². The van der Waals surface area contributed by atoms with Crippen molar-refractivity contribution in [2.75, 3.05) is 20.2 Å². The Morgan fingerprint density at radius 3 is 2.48 bits per heavy atom. The fourth-order valence-corrected chi connectivity index (χ4v) is 4.52. The van der Waals surface area contributed by atoms with Crippen LogP contribution in [-0.4, -0.2) is 54.0 Å². The number of ether oxygens (including phenoxy) is 1. The van der Waals surface area contributed by atoms with E-state index in [1.165, 1.54) is 16.4 Å². The number of aromatic nitrogens is 3. The monoisotopic (exact) mass is 443 g/mol. The van der Waals surface area contributed by atoms with Crippen molar-refractivity contribution >= 4 is 15.9 Å². The number of hydrogen-bond acceptors (Lipinski definition) is 6. The maximum Gasteiger partial charge on any atom is 0.251 e. The van der Waals surface area contributed by atoms with Gasteiger partial charge in [0, 0.05) is 24.2 Å². The summed E-state index contributed by atoms with van der Waals surface area (Å²) in [6.45, 7) is 4.38. The lowest BCUT2D eigenvalue weighted by Gasteiger charge is -2.18. The second-order valence-electron chi connectivity index (χ2n) is 6.63. The molecule has 3 rings (SSSR count). The quantitative estimate of drug-likeness (QED) is 0.525. The Labute approximate surface area is 181 Å². The molecule has 0 spiro atoms. The van der Waals surface area contributed by atoms with Gasteiger partial charge in [-0.2, -0.15) is 9.40 Å². The van der Waals surface area contributed by atoms with Crippen LogP contribution in [0.2, 0.25) is 0 Å². The van der Waals surface area contributed by atoms with E-state index in [0.29, 0.717) is 24.7 Å². The second kappa shape index (κ2) is 9.71. The van der Waals surface area contributed by atoms with E-state index in [1.807, 2.05) is 24.3 Å². The topological polar surface area (TPSA) is 117 Å². The summed E-state index contributed by atoms with van der Waals surface area (Å²) in [6.07, 6.45) is 0. The normalized spacial score (nSPS) is 11.5. The van der Waals surface area contributed by atoms with Crippen LogP contribution in [0.25, 0.3) is 11.4 Å². The number of H-pyrrole nitrogens is 1. The number of benzene rings is 2. The molecule has 3 aromatic rings. The molecule has 1 amide bonds. The number of rotatable bonds is 9. The van der Waals surface area contributed by atoms with Gasteiger partial charge in [-0.1, -0.05) is 19.9 Å². The highest BCUT2D eigenvalue weighted by atomic mass is 32.2. The highest BCUT2D eigenvalue weighted by Crippen LogP contribution is 2.19. The second-order valence-corrected chi connectivity index (χ2v) is 8.57. The van der Waals surface area contributed by atoms with Crippen LogP contribution in [0.15, 0.2) is 53.4 Å². The van der Waals surface area contributed by atoms with Crippen LogP contribution >= 0.6 is 0 Å². The average molecular weight is 444 g/mol. The molecule has 10 heteroatoms. The van der Waals surface area contributed by atoms with Crippen LogP contribution in [0.5, 0.6) is 5.75 Å². The van der Waals surface area contributed by atoms with Gasteiger partial charge in [-0.05, 0) is 42.5 Å². The summed E-state index contributed by atoms with van der Waals surface area (Å²) in [6, 6.07) is 13.3. The van der Waals surface area contributed by atoms with Crippen molar-refractivity contribution < 1.29 is 17.9 Å². The predicted molar refractivity (Wildman–Crippen MR) is 116 cm³/mol. The lowest BCUT2D eigenvalue weighted by Crippen LogP contribution is -2.31. The first-order valence-corrected chi connectivity index (χ1v) is 11.3. The molecule has 1 aromatic heterocycles. The zero-order valence-corrected chi connectivity index (χ0v) is 18.4. The summed E-state index contributed by atoms with van der Waals surface area (Å²) < 4.78 is 31.9. The molecular weight excluding hydrogens is 418 g/mol. The Morgan fingerprint density at radius 2 is 1.84 bits per heavy atom. The third-order valence-electron chi connectivity index (χ3n) is 4.74. The van der Waals surface area contributed by atoms with Gasteiger partial charge in [0.15, 0.2) is 5.82 Å². The summed E-state index contributed by atoms with van der Waals surface area (Å²) >= 11 is 0. The molecule has 0 unspecified atom stereocenters. The summed E-state index contributed by atoms with van der Waals surface area (Å²) in [5, 5.41) is 9.69. The highest BCUT2D eigenvalue weighted by molar-refractivity contribution is 7.89. The molecule has 1 heterocycles. The summed E-state index contributed by atoms with van der Waals surface area (Å²) in [7, 11) is -2.05. The van der Waals surface area contributed by atoms with Crippen molar-refractivity contribution in [1.82, 2.24) is 24.8 Å². The molecule has 0 fully saturated rings. The van der Waals surface area contributed by atoms with Crippen molar-refractivity contribution in [1.29, 1.82) is 0 Å². The number of sulfonamides is 1. The van der Waals surface area contributed by atoms with Gasteiger partial charge in [0.1, 0.15) is 11.6 Å². The number of amides is 1. The third kappa shape index (κ3) is 5.09. The van der Waals surface area contributed by atoms with Gasteiger partial charge < -0.3 is 10.1 Å². The third-order valence-corrected chi connectivity index (χ3v) is 6.78. The first-order valence-electron chi connectivity index (χ1n) is 9.83. The van der Waals surface area contributed by atoms with E-state index in [2.05, 4.69) is 20.5 Å². The first kappa shape index (κ1) is 22.4. The maximum atomic E-state index is 12.7. The Hall–Kier alpha value is -3.24. The largest absolute Gasteiger partial charge is 0.497 e. The van der Waals surface area contributed by atoms with E-state index in [-0.39, 0.29) is 17.0 Å². The fraction of sp³-hybridized carbons (Fsp3) is 0.286. The Kier molecular flexibility index (Phi) is 7.03. The van der Waals surface area contributed by atoms with Gasteiger partial charge in [-0.3, -0.25) is 9.89 Å². The van der Waals surface area contributed by atoms with E-state index >= 15 is 0 Å². The predicted octanol–water partition coefficient (Wildman–Crippen LogP) is 2.44. The van der Waals surface area contributed by atoms with Gasteiger partial charge in [0.05, 0.1) is 18.6 Å². The summed E-state index contributed by atoms with van der Waals surface area (Å²) in [5.41, 5.74) is 1.06. The van der Waals surface area contributed by atoms with Crippen molar-refractivity contribution in [3.8, 4) is 17.1 Å². The molecule has 31 heavy (non-hydrogen) atoms. The highest BCUT2D eigenvalue weighted by Gasteiger charge is 2.22. The van der Waals surface area contributed by atoms with Gasteiger partial charge in [-0.25, -0.2) is 13.4 Å². The van der Waals surface area contributed by atoms with E-state index in [4.69, 9.17) is 4.74 Å². The molecule has 2 aromatic carbocycles. The molecule has 0 bridgehead atoms. The molecular formula is C21H25N5O4S. The van der Waals surface area contributed by atoms with E-state index in [9.17, 15) is 13.2 Å². The van der Waals surface area contributed by atoms with E-state index in [1.54, 1.807) is 33.1 Å². The van der Waals surface area contributed by atoms with Gasteiger partial charge in [-0.15, -0.1) is 0 Å². The van der Waals surface area contributed by atoms with Gasteiger partial charge >= 0.3 is 0 Å². The molecule has 0 radical (unpaired) electrons. The SMILES string of the molecule is CCN(CC)S(=O)(=O)c1cccc(C(=O)NCc2nc(-c3ccc(OC)cc3)n[nH]2)c1. The molecule has 0 atom stereocenters. The maximum absolute atomic E-state index is 12.7. The van der Waals surface area contributed by atoms with Gasteiger partial charge in [0.25, 0.3) is 5.91 Å². The minimum Gasteiger partial charge on any atom is -0.497 e. The Bertz CT molecular complexity index is 1140. The van der Waals surface area contributed by atoms with Crippen LogP contribution in [-0.2, 0) is 16.6 Å². The van der Waals surface area contributed by atoms with Crippen LogP contribution in [0.4, 0.5) is 0 Å². The molecule has 0 saturated heterocycles. The minimum absolute atomic E-state index is 0.0882. The number of methoxy groups -OCH3 is 1. The van der Waals surface area contributed by atoms with E-state index in [0.717, 1.165) is 11.3 Å². The Balaban J connectivity index is 1.68. The summed E-state index contributed by atoms with van der Waals surface area (Å²) in [4.78, 5) is 17.0. The number of carbonyl (C=O) groups is 1. The van der Waals surface area contributed by atoms with Crippen molar-refractivity contribution in [3.63, 3.8) is 0 Å². The first-order chi connectivity index (χ1) is 14.9. The molecule has 2 N–H and O–H groups in total. The molecule has 9 nitrogen and oxygen atoms in total. The molecule has 164 valence electrons. The number of nitrogens with zero attached hydrogens (tertiary/aromatic N) is 3. The van der Waals surface area contributed by atoms with Crippen LogP contribution < -0.4 is 10.1 Å². The van der Waals surface area contributed by atoms with Crippen LogP contribution in [0.1, 0.15) is 30.0 Å². The van der Waals surface area contributed by atoms with Crippen LogP contribution in [0.3, 0.4) is 0 Å². The van der Waals surface area contributed by atoms with E-state index < -0.39 is 15.9 Å². The number of nitrogens with one attached hydrogen (secondary N) is 2. The summed E-state index contributed by atoms with van der Waals surface area (Å²) in [5.74, 6) is 1.31. The lowest BCUT2D eigenvalue weighted by atomic mass is 10.2. The number of hydrogen-bond donors (Lipinski definition) is 2. The van der Waals surface area contributed by atoms with Crippen molar-refractivity contribution in [3.05, 3.63) is 59.9 Å². The fourth-order valence-electron chi connectivity index (χ4n) is 3.02. The average Bonchev–Trinajstić information content (AvgIpc) is 3.27. The number of aromatic amines is 1. The molecule has 0 aliphatic heterocycles. The lowest BCUT2D eigenvalue weighted by molar-refractivity contribution is 0.0949. The van der Waals surface area contributed by atoms with Crippen LogP contribution in [0, 0.1) is 0 Å². The van der Waals surface area contributed by atoms with Gasteiger partial charge in [0.2, 0.25) is 10.0 Å². The Morgan fingerprint density at radius 1 is 1.13 bits per heavy atom. The molecule has 0 saturated carbocycles.